The van der Waals surface area contributed by atoms with Gasteiger partial charge in [-0.15, -0.1) is 0 Å². The van der Waals surface area contributed by atoms with E-state index in [0.29, 0.717) is 11.0 Å². The van der Waals surface area contributed by atoms with Crippen molar-refractivity contribution in [2.24, 2.45) is 0 Å². The van der Waals surface area contributed by atoms with Crippen molar-refractivity contribution in [3.05, 3.63) is 29.4 Å². The Morgan fingerprint density at radius 3 is 2.71 bits per heavy atom. The summed E-state index contributed by atoms with van der Waals surface area (Å²) < 4.78 is 14.1. The summed E-state index contributed by atoms with van der Waals surface area (Å²) in [6.07, 6.45) is 1.81. The largest absolute Gasteiger partial charge is 0.423 e. The van der Waals surface area contributed by atoms with Crippen LogP contribution in [0.5, 0.6) is 0 Å². The number of anilines is 2. The maximum Gasteiger partial charge on any atom is 0.298 e. The molecule has 4 rings (SSSR count). The first kappa shape index (κ1) is 12.8. The maximum atomic E-state index is 5.98. The van der Waals surface area contributed by atoms with Gasteiger partial charge in [0.25, 0.3) is 6.01 Å². The zero-order chi connectivity index (χ0) is 14.2. The van der Waals surface area contributed by atoms with E-state index in [1.54, 1.807) is 0 Å². The van der Waals surface area contributed by atoms with E-state index in [0.717, 1.165) is 43.1 Å². The van der Waals surface area contributed by atoms with Crippen LogP contribution in [0.15, 0.2) is 28.8 Å². The lowest BCUT2D eigenvalue weighted by Crippen LogP contribution is -2.46. The number of aromatic nitrogens is 3. The molecule has 1 aliphatic rings. The minimum atomic E-state index is 0.656. The molecule has 21 heavy (non-hydrogen) atoms. The molecular weight excluding hydrogens is 310 g/mol. The molecule has 0 N–H and O–H groups in total. The highest BCUT2D eigenvalue weighted by Crippen LogP contribution is 2.25. The summed E-state index contributed by atoms with van der Waals surface area (Å²) >= 11 is 7.21. The molecule has 0 amide bonds. The van der Waals surface area contributed by atoms with Gasteiger partial charge in [-0.25, -0.2) is 0 Å². The Balaban J connectivity index is 1.52. The molecule has 8 heteroatoms. The van der Waals surface area contributed by atoms with Crippen LogP contribution in [0.4, 0.5) is 11.8 Å². The zero-order valence-corrected chi connectivity index (χ0v) is 12.6. The second-order valence-corrected chi connectivity index (χ2v) is 5.84. The SMILES string of the molecule is Clc1ccc2oc(N3CCN(c4cnsn4)CC3)nc2c1. The highest BCUT2D eigenvalue weighted by Gasteiger charge is 2.22. The van der Waals surface area contributed by atoms with Gasteiger partial charge in [0.1, 0.15) is 5.52 Å². The van der Waals surface area contributed by atoms with Gasteiger partial charge in [-0.1, -0.05) is 11.6 Å². The lowest BCUT2D eigenvalue weighted by Gasteiger charge is -2.33. The van der Waals surface area contributed by atoms with Crippen molar-refractivity contribution < 1.29 is 4.42 Å². The third kappa shape index (κ3) is 2.43. The molecule has 0 bridgehead atoms. The van der Waals surface area contributed by atoms with Crippen molar-refractivity contribution in [3.63, 3.8) is 0 Å². The zero-order valence-electron chi connectivity index (χ0n) is 11.1. The first-order chi connectivity index (χ1) is 10.3. The summed E-state index contributed by atoms with van der Waals surface area (Å²) in [6.45, 7) is 3.45. The smallest absolute Gasteiger partial charge is 0.298 e. The Labute approximate surface area is 130 Å². The molecule has 1 saturated heterocycles. The number of rotatable bonds is 2. The van der Waals surface area contributed by atoms with E-state index >= 15 is 0 Å². The summed E-state index contributed by atoms with van der Waals surface area (Å²) in [7, 11) is 0. The Hall–Kier alpha value is -1.86. The quantitative estimate of drug-likeness (QED) is 0.723. The van der Waals surface area contributed by atoms with E-state index in [1.165, 1.54) is 11.7 Å². The van der Waals surface area contributed by atoms with Gasteiger partial charge in [-0.3, -0.25) is 0 Å². The van der Waals surface area contributed by atoms with Crippen molar-refractivity contribution in [2.45, 2.75) is 0 Å². The summed E-state index contributed by atoms with van der Waals surface area (Å²) in [5.41, 5.74) is 1.56. The van der Waals surface area contributed by atoms with Crippen LogP contribution >= 0.6 is 23.3 Å². The molecule has 6 nitrogen and oxygen atoms in total. The lowest BCUT2D eigenvalue weighted by atomic mass is 10.3. The van der Waals surface area contributed by atoms with E-state index in [1.807, 2.05) is 24.4 Å². The van der Waals surface area contributed by atoms with Crippen LogP contribution in [0.1, 0.15) is 0 Å². The number of nitrogens with zero attached hydrogens (tertiary/aromatic N) is 5. The average molecular weight is 322 g/mol. The molecule has 0 unspecified atom stereocenters. The molecule has 1 aliphatic heterocycles. The average Bonchev–Trinajstić information content (AvgIpc) is 3.16. The highest BCUT2D eigenvalue weighted by atomic mass is 35.5. The minimum absolute atomic E-state index is 0.656. The highest BCUT2D eigenvalue weighted by molar-refractivity contribution is 6.99. The van der Waals surface area contributed by atoms with Crippen LogP contribution in [0.2, 0.25) is 5.02 Å². The van der Waals surface area contributed by atoms with Gasteiger partial charge in [0, 0.05) is 31.2 Å². The number of hydrogen-bond donors (Lipinski definition) is 0. The Morgan fingerprint density at radius 2 is 1.95 bits per heavy atom. The second kappa shape index (κ2) is 5.16. The molecule has 1 fully saturated rings. The van der Waals surface area contributed by atoms with Gasteiger partial charge in [-0.05, 0) is 18.2 Å². The summed E-state index contributed by atoms with van der Waals surface area (Å²) in [4.78, 5) is 8.88. The van der Waals surface area contributed by atoms with Crippen molar-refractivity contribution in [1.82, 2.24) is 13.7 Å². The summed E-state index contributed by atoms with van der Waals surface area (Å²) in [5, 5.41) is 0.670. The van der Waals surface area contributed by atoms with Gasteiger partial charge in [0.2, 0.25) is 0 Å². The fourth-order valence-electron chi connectivity index (χ4n) is 2.45. The fraction of sp³-hybridized carbons (Fsp3) is 0.308. The normalized spacial score (nSPS) is 15.9. The molecule has 108 valence electrons. The van der Waals surface area contributed by atoms with Crippen LogP contribution in [0.25, 0.3) is 11.1 Å². The number of fused-ring (bicyclic) bond motifs is 1. The standard InChI is InChI=1S/C13H12ClN5OS/c14-9-1-2-11-10(7-9)16-13(20-11)19-5-3-18(4-6-19)12-8-15-21-17-12/h1-2,7-8H,3-6H2. The molecule has 3 aromatic rings. The van der Waals surface area contributed by atoms with E-state index in [4.69, 9.17) is 16.0 Å². The topological polar surface area (TPSA) is 58.3 Å². The molecule has 0 saturated carbocycles. The number of oxazole rings is 1. The van der Waals surface area contributed by atoms with Crippen LogP contribution < -0.4 is 9.80 Å². The molecule has 1 aromatic carbocycles. The third-order valence-electron chi connectivity index (χ3n) is 3.56. The molecule has 0 spiro atoms. The number of piperazine rings is 1. The van der Waals surface area contributed by atoms with E-state index in [2.05, 4.69) is 23.5 Å². The second-order valence-electron chi connectivity index (χ2n) is 4.85. The number of hydrogen-bond acceptors (Lipinski definition) is 7. The van der Waals surface area contributed by atoms with Gasteiger partial charge < -0.3 is 14.2 Å². The molecule has 0 atom stereocenters. The van der Waals surface area contributed by atoms with Crippen molar-refractivity contribution >= 4 is 46.3 Å². The molecule has 0 aliphatic carbocycles. The van der Waals surface area contributed by atoms with E-state index in [-0.39, 0.29) is 0 Å². The first-order valence-corrected chi connectivity index (χ1v) is 7.74. The third-order valence-corrected chi connectivity index (χ3v) is 4.27. The van der Waals surface area contributed by atoms with E-state index < -0.39 is 0 Å². The van der Waals surface area contributed by atoms with E-state index in [9.17, 15) is 0 Å². The molecule has 3 heterocycles. The van der Waals surface area contributed by atoms with Gasteiger partial charge in [0.05, 0.1) is 17.9 Å². The van der Waals surface area contributed by atoms with Crippen LogP contribution in [0.3, 0.4) is 0 Å². The van der Waals surface area contributed by atoms with Crippen LogP contribution in [0, 0.1) is 0 Å². The Kier molecular flexibility index (Phi) is 3.16. The Bertz CT molecular complexity index is 751. The predicted molar refractivity (Wildman–Crippen MR) is 83.4 cm³/mol. The predicted octanol–water partition coefficient (Wildman–Crippen LogP) is 2.66. The molecule has 0 radical (unpaired) electrons. The number of halogens is 1. The van der Waals surface area contributed by atoms with Crippen molar-refractivity contribution in [1.29, 1.82) is 0 Å². The molecule has 2 aromatic heterocycles. The summed E-state index contributed by atoms with van der Waals surface area (Å²) in [6, 6.07) is 6.14. The first-order valence-electron chi connectivity index (χ1n) is 6.63. The Morgan fingerprint density at radius 1 is 1.14 bits per heavy atom. The minimum Gasteiger partial charge on any atom is -0.423 e. The molecular formula is C13H12ClN5OS. The van der Waals surface area contributed by atoms with Gasteiger partial charge in [-0.2, -0.15) is 13.7 Å². The number of benzene rings is 1. The van der Waals surface area contributed by atoms with Crippen LogP contribution in [-0.2, 0) is 0 Å². The van der Waals surface area contributed by atoms with Crippen molar-refractivity contribution in [3.8, 4) is 0 Å². The lowest BCUT2D eigenvalue weighted by molar-refractivity contribution is 0.541. The maximum absolute atomic E-state index is 5.98. The summed E-state index contributed by atoms with van der Waals surface area (Å²) in [5.74, 6) is 0.948. The van der Waals surface area contributed by atoms with Gasteiger partial charge >= 0.3 is 0 Å². The van der Waals surface area contributed by atoms with Gasteiger partial charge in [0.15, 0.2) is 11.4 Å². The monoisotopic (exact) mass is 321 g/mol. The van der Waals surface area contributed by atoms with Crippen LogP contribution in [-0.4, -0.2) is 39.9 Å². The fourth-order valence-corrected chi connectivity index (χ4v) is 3.05. The van der Waals surface area contributed by atoms with Crippen molar-refractivity contribution in [2.75, 3.05) is 36.0 Å².